The lowest BCUT2D eigenvalue weighted by atomic mass is 10.3. The second kappa shape index (κ2) is 5.07. The standard InChI is InChI=1S/C13H18ClN3/c1-4-15-8-13-16-11-7-10(14)5-6-12(11)17(13)9(2)3/h5-7,9,15H,4,8H2,1-3H3. The van der Waals surface area contributed by atoms with E-state index in [-0.39, 0.29) is 0 Å². The van der Waals surface area contributed by atoms with Crippen molar-refractivity contribution < 1.29 is 0 Å². The summed E-state index contributed by atoms with van der Waals surface area (Å²) < 4.78 is 2.26. The quantitative estimate of drug-likeness (QED) is 0.903. The second-order valence-corrected chi connectivity index (χ2v) is 4.84. The van der Waals surface area contributed by atoms with E-state index in [1.54, 1.807) is 0 Å². The summed E-state index contributed by atoms with van der Waals surface area (Å²) in [5.74, 6) is 1.07. The topological polar surface area (TPSA) is 29.9 Å². The minimum Gasteiger partial charge on any atom is -0.324 e. The Balaban J connectivity index is 2.53. The van der Waals surface area contributed by atoms with E-state index in [1.807, 2.05) is 18.2 Å². The summed E-state index contributed by atoms with van der Waals surface area (Å²) in [4.78, 5) is 4.65. The summed E-state index contributed by atoms with van der Waals surface area (Å²) in [6.07, 6.45) is 0. The number of nitrogens with one attached hydrogen (secondary N) is 1. The van der Waals surface area contributed by atoms with Gasteiger partial charge in [0.2, 0.25) is 0 Å². The van der Waals surface area contributed by atoms with Gasteiger partial charge in [-0.25, -0.2) is 4.98 Å². The fraction of sp³-hybridized carbons (Fsp3) is 0.462. The molecule has 0 aliphatic rings. The first kappa shape index (κ1) is 12.4. The molecule has 0 amide bonds. The number of benzene rings is 1. The molecule has 0 spiro atoms. The van der Waals surface area contributed by atoms with E-state index in [1.165, 1.54) is 0 Å². The second-order valence-electron chi connectivity index (χ2n) is 4.41. The van der Waals surface area contributed by atoms with Gasteiger partial charge in [-0.05, 0) is 38.6 Å². The zero-order valence-electron chi connectivity index (χ0n) is 10.5. The van der Waals surface area contributed by atoms with Crippen LogP contribution in [0.4, 0.5) is 0 Å². The molecule has 1 aromatic heterocycles. The van der Waals surface area contributed by atoms with Crippen molar-refractivity contribution in [1.29, 1.82) is 0 Å². The third-order valence-electron chi connectivity index (χ3n) is 2.77. The molecule has 1 N–H and O–H groups in total. The summed E-state index contributed by atoms with van der Waals surface area (Å²) in [6, 6.07) is 6.28. The van der Waals surface area contributed by atoms with Crippen LogP contribution in [0, 0.1) is 0 Å². The molecular formula is C13H18ClN3. The lowest BCUT2D eigenvalue weighted by Gasteiger charge is -2.13. The number of nitrogens with zero attached hydrogens (tertiary/aromatic N) is 2. The van der Waals surface area contributed by atoms with E-state index in [2.05, 4.69) is 35.6 Å². The number of aromatic nitrogens is 2. The largest absolute Gasteiger partial charge is 0.324 e. The Kier molecular flexibility index (Phi) is 3.69. The van der Waals surface area contributed by atoms with Gasteiger partial charge in [-0.3, -0.25) is 0 Å². The van der Waals surface area contributed by atoms with Crippen molar-refractivity contribution >= 4 is 22.6 Å². The van der Waals surface area contributed by atoms with Gasteiger partial charge >= 0.3 is 0 Å². The number of imidazole rings is 1. The van der Waals surface area contributed by atoms with Gasteiger partial charge in [-0.2, -0.15) is 0 Å². The fourth-order valence-electron chi connectivity index (χ4n) is 2.06. The van der Waals surface area contributed by atoms with Crippen LogP contribution >= 0.6 is 11.6 Å². The summed E-state index contributed by atoms with van der Waals surface area (Å²) >= 11 is 6.00. The van der Waals surface area contributed by atoms with Crippen LogP contribution in [0.25, 0.3) is 11.0 Å². The van der Waals surface area contributed by atoms with E-state index in [4.69, 9.17) is 11.6 Å². The van der Waals surface area contributed by atoms with Crippen molar-refractivity contribution in [1.82, 2.24) is 14.9 Å². The maximum Gasteiger partial charge on any atom is 0.124 e. The first-order valence-electron chi connectivity index (χ1n) is 6.00. The average Bonchev–Trinajstić information content (AvgIpc) is 2.63. The lowest BCUT2D eigenvalue weighted by molar-refractivity contribution is 0.560. The average molecular weight is 252 g/mol. The highest BCUT2D eigenvalue weighted by molar-refractivity contribution is 6.31. The van der Waals surface area contributed by atoms with Gasteiger partial charge in [-0.15, -0.1) is 0 Å². The number of hydrogen-bond acceptors (Lipinski definition) is 2. The summed E-state index contributed by atoms with van der Waals surface area (Å²) in [6.45, 7) is 8.18. The van der Waals surface area contributed by atoms with E-state index in [9.17, 15) is 0 Å². The fourth-order valence-corrected chi connectivity index (χ4v) is 2.23. The minimum absolute atomic E-state index is 0.398. The molecule has 0 saturated carbocycles. The highest BCUT2D eigenvalue weighted by Crippen LogP contribution is 2.23. The summed E-state index contributed by atoms with van der Waals surface area (Å²) in [5.41, 5.74) is 2.12. The maximum absolute atomic E-state index is 6.00. The molecule has 2 rings (SSSR count). The van der Waals surface area contributed by atoms with Crippen LogP contribution in [0.3, 0.4) is 0 Å². The lowest BCUT2D eigenvalue weighted by Crippen LogP contribution is -2.17. The zero-order valence-corrected chi connectivity index (χ0v) is 11.3. The molecule has 0 aliphatic carbocycles. The van der Waals surface area contributed by atoms with Crippen molar-refractivity contribution in [3.8, 4) is 0 Å². The highest BCUT2D eigenvalue weighted by Gasteiger charge is 2.12. The Morgan fingerprint density at radius 3 is 2.82 bits per heavy atom. The number of rotatable bonds is 4. The van der Waals surface area contributed by atoms with E-state index in [0.29, 0.717) is 6.04 Å². The van der Waals surface area contributed by atoms with Crippen molar-refractivity contribution in [3.63, 3.8) is 0 Å². The molecule has 17 heavy (non-hydrogen) atoms. The number of halogens is 1. The predicted molar refractivity (Wildman–Crippen MR) is 72.5 cm³/mol. The van der Waals surface area contributed by atoms with Crippen LogP contribution in [0.2, 0.25) is 5.02 Å². The molecular weight excluding hydrogens is 234 g/mol. The van der Waals surface area contributed by atoms with E-state index >= 15 is 0 Å². The molecule has 0 aliphatic heterocycles. The Labute approximate surface area is 107 Å². The molecule has 0 unspecified atom stereocenters. The highest BCUT2D eigenvalue weighted by atomic mass is 35.5. The predicted octanol–water partition coefficient (Wildman–Crippen LogP) is 3.38. The van der Waals surface area contributed by atoms with E-state index < -0.39 is 0 Å². The first-order valence-corrected chi connectivity index (χ1v) is 6.38. The molecule has 2 aromatic rings. The Hall–Kier alpha value is -1.06. The molecule has 0 fully saturated rings. The minimum atomic E-state index is 0.398. The van der Waals surface area contributed by atoms with Gasteiger partial charge in [-0.1, -0.05) is 18.5 Å². The normalized spacial score (nSPS) is 11.6. The molecule has 3 nitrogen and oxygen atoms in total. The molecule has 4 heteroatoms. The van der Waals surface area contributed by atoms with Crippen LogP contribution in [0.5, 0.6) is 0 Å². The third-order valence-corrected chi connectivity index (χ3v) is 3.01. The van der Waals surface area contributed by atoms with Gasteiger partial charge in [0.15, 0.2) is 0 Å². The van der Waals surface area contributed by atoms with Gasteiger partial charge < -0.3 is 9.88 Å². The first-order chi connectivity index (χ1) is 8.13. The van der Waals surface area contributed by atoms with Crippen molar-refractivity contribution in [2.24, 2.45) is 0 Å². The molecule has 0 atom stereocenters. The molecule has 0 radical (unpaired) electrons. The Morgan fingerprint density at radius 1 is 1.41 bits per heavy atom. The van der Waals surface area contributed by atoms with Crippen LogP contribution < -0.4 is 5.32 Å². The number of fused-ring (bicyclic) bond motifs is 1. The van der Waals surface area contributed by atoms with Gasteiger partial charge in [0.05, 0.1) is 17.6 Å². The van der Waals surface area contributed by atoms with Crippen LogP contribution in [-0.2, 0) is 6.54 Å². The summed E-state index contributed by atoms with van der Waals surface area (Å²) in [7, 11) is 0. The zero-order chi connectivity index (χ0) is 12.4. The third kappa shape index (κ3) is 2.45. The molecule has 1 heterocycles. The van der Waals surface area contributed by atoms with Crippen LogP contribution in [-0.4, -0.2) is 16.1 Å². The molecule has 92 valence electrons. The van der Waals surface area contributed by atoms with Gasteiger partial charge in [0.25, 0.3) is 0 Å². The molecule has 0 bridgehead atoms. The van der Waals surface area contributed by atoms with Crippen molar-refractivity contribution in [2.75, 3.05) is 6.54 Å². The number of hydrogen-bond donors (Lipinski definition) is 1. The SMILES string of the molecule is CCNCc1nc2cc(Cl)ccc2n1C(C)C. The Bertz CT molecular complexity index is 517. The van der Waals surface area contributed by atoms with Crippen LogP contribution in [0.15, 0.2) is 18.2 Å². The smallest absolute Gasteiger partial charge is 0.124 e. The van der Waals surface area contributed by atoms with Crippen molar-refractivity contribution in [2.45, 2.75) is 33.4 Å². The monoisotopic (exact) mass is 251 g/mol. The summed E-state index contributed by atoms with van der Waals surface area (Å²) in [5, 5.41) is 4.06. The van der Waals surface area contributed by atoms with Gasteiger partial charge in [0, 0.05) is 11.1 Å². The van der Waals surface area contributed by atoms with Crippen molar-refractivity contribution in [3.05, 3.63) is 29.0 Å². The maximum atomic E-state index is 6.00. The van der Waals surface area contributed by atoms with Gasteiger partial charge in [0.1, 0.15) is 5.82 Å². The van der Waals surface area contributed by atoms with E-state index in [0.717, 1.165) is 35.0 Å². The van der Waals surface area contributed by atoms with Crippen LogP contribution in [0.1, 0.15) is 32.6 Å². The Morgan fingerprint density at radius 2 is 2.18 bits per heavy atom. The molecule has 1 aromatic carbocycles. The molecule has 0 saturated heterocycles.